The molecule has 1 radical (unpaired) electrons. The van der Waals surface area contributed by atoms with E-state index in [1.54, 1.807) is 6.92 Å². The fraction of sp³-hybridized carbons (Fsp3) is 0.889. The number of piperazine rings is 1. The van der Waals surface area contributed by atoms with E-state index >= 15 is 0 Å². The molecule has 1 N–H and O–H groups in total. The molecular formula is C9H19N2O2S. The molecule has 4 nitrogen and oxygen atoms in total. The van der Waals surface area contributed by atoms with Crippen molar-refractivity contribution in [3.05, 3.63) is 6.54 Å². The molecule has 5 heteroatoms. The van der Waals surface area contributed by atoms with E-state index in [1.165, 1.54) is 6.26 Å². The molecule has 1 heterocycles. The standard InChI is InChI=1S/C9H19N2O2S/c1-4-11-6-5-10-7-9(11)8(2)14(3,12)13/h4,8-10H,5-7H2,1-3H3. The van der Waals surface area contributed by atoms with Crippen molar-refractivity contribution < 1.29 is 8.42 Å². The average molecular weight is 219 g/mol. The summed E-state index contributed by atoms with van der Waals surface area (Å²) in [5.41, 5.74) is 0. The van der Waals surface area contributed by atoms with Crippen LogP contribution in [0.25, 0.3) is 0 Å². The maximum Gasteiger partial charge on any atom is 0.151 e. The smallest absolute Gasteiger partial charge is 0.151 e. The molecular weight excluding hydrogens is 200 g/mol. The van der Waals surface area contributed by atoms with Gasteiger partial charge in [0.2, 0.25) is 0 Å². The predicted molar refractivity (Wildman–Crippen MR) is 57.6 cm³/mol. The fourth-order valence-electron chi connectivity index (χ4n) is 1.78. The Kier molecular flexibility index (Phi) is 3.92. The van der Waals surface area contributed by atoms with Crippen molar-refractivity contribution in [2.75, 3.05) is 25.9 Å². The molecule has 14 heavy (non-hydrogen) atoms. The fourth-order valence-corrected chi connectivity index (χ4v) is 2.61. The molecule has 0 aliphatic carbocycles. The summed E-state index contributed by atoms with van der Waals surface area (Å²) < 4.78 is 22.8. The zero-order valence-electron chi connectivity index (χ0n) is 9.03. The molecule has 1 fully saturated rings. The lowest BCUT2D eigenvalue weighted by Gasteiger charge is -2.37. The lowest BCUT2D eigenvalue weighted by molar-refractivity contribution is 0.200. The minimum atomic E-state index is -2.95. The van der Waals surface area contributed by atoms with Gasteiger partial charge < -0.3 is 5.32 Å². The van der Waals surface area contributed by atoms with E-state index < -0.39 is 9.84 Å². The van der Waals surface area contributed by atoms with Gasteiger partial charge in [-0.15, -0.1) is 0 Å². The Labute approximate surface area is 86.6 Å². The number of rotatable bonds is 3. The second-order valence-electron chi connectivity index (χ2n) is 3.80. The van der Waals surface area contributed by atoms with Crippen LogP contribution < -0.4 is 5.32 Å². The molecule has 1 aliphatic heterocycles. The van der Waals surface area contributed by atoms with Crippen LogP contribution in [0.2, 0.25) is 0 Å². The summed E-state index contributed by atoms with van der Waals surface area (Å²) >= 11 is 0. The summed E-state index contributed by atoms with van der Waals surface area (Å²) in [6.45, 7) is 8.28. The van der Waals surface area contributed by atoms with Gasteiger partial charge in [-0.05, 0) is 13.8 Å². The highest BCUT2D eigenvalue weighted by Gasteiger charge is 2.31. The molecule has 0 amide bonds. The van der Waals surface area contributed by atoms with Crippen molar-refractivity contribution in [1.29, 1.82) is 0 Å². The molecule has 2 unspecified atom stereocenters. The Balaban J connectivity index is 2.73. The highest BCUT2D eigenvalue weighted by Crippen LogP contribution is 2.14. The van der Waals surface area contributed by atoms with E-state index in [2.05, 4.69) is 10.2 Å². The van der Waals surface area contributed by atoms with E-state index in [9.17, 15) is 8.42 Å². The second kappa shape index (κ2) is 4.59. The summed E-state index contributed by atoms with van der Waals surface area (Å²) in [6.07, 6.45) is 1.31. The predicted octanol–water partition coefficient (Wildman–Crippen LogP) is -0.125. The van der Waals surface area contributed by atoms with Gasteiger partial charge >= 0.3 is 0 Å². The first-order valence-corrected chi connectivity index (χ1v) is 6.87. The van der Waals surface area contributed by atoms with E-state index in [4.69, 9.17) is 0 Å². The highest BCUT2D eigenvalue weighted by molar-refractivity contribution is 7.91. The minimum Gasteiger partial charge on any atom is -0.314 e. The van der Waals surface area contributed by atoms with Gasteiger partial charge in [0.1, 0.15) is 0 Å². The van der Waals surface area contributed by atoms with Crippen LogP contribution in [0, 0.1) is 6.54 Å². The third-order valence-corrected chi connectivity index (χ3v) is 4.54. The molecule has 0 bridgehead atoms. The monoisotopic (exact) mass is 219 g/mol. The molecule has 83 valence electrons. The first-order chi connectivity index (χ1) is 6.46. The topological polar surface area (TPSA) is 49.4 Å². The van der Waals surface area contributed by atoms with Crippen molar-refractivity contribution in [2.24, 2.45) is 0 Å². The zero-order chi connectivity index (χ0) is 10.8. The quantitative estimate of drug-likeness (QED) is 0.719. The number of nitrogens with zero attached hydrogens (tertiary/aromatic N) is 1. The van der Waals surface area contributed by atoms with E-state index in [1.807, 2.05) is 13.5 Å². The zero-order valence-corrected chi connectivity index (χ0v) is 9.84. The Morgan fingerprint density at radius 2 is 2.21 bits per heavy atom. The highest BCUT2D eigenvalue weighted by atomic mass is 32.2. The van der Waals surface area contributed by atoms with Crippen molar-refractivity contribution in [3.8, 4) is 0 Å². The van der Waals surface area contributed by atoms with E-state index in [-0.39, 0.29) is 11.3 Å². The average Bonchev–Trinajstić information content (AvgIpc) is 2.15. The summed E-state index contributed by atoms with van der Waals surface area (Å²) in [4.78, 5) is 2.11. The van der Waals surface area contributed by atoms with E-state index in [0.29, 0.717) is 0 Å². The van der Waals surface area contributed by atoms with Crippen LogP contribution in [-0.4, -0.2) is 50.5 Å². The van der Waals surface area contributed by atoms with Gasteiger partial charge in [0.15, 0.2) is 9.84 Å². The number of hydrogen-bond acceptors (Lipinski definition) is 4. The minimum absolute atomic E-state index is 0.0729. The Morgan fingerprint density at radius 1 is 1.57 bits per heavy atom. The normalized spacial score (nSPS) is 27.5. The Bertz CT molecular complexity index is 277. The van der Waals surface area contributed by atoms with Crippen molar-refractivity contribution in [2.45, 2.75) is 25.1 Å². The first kappa shape index (κ1) is 11.9. The van der Waals surface area contributed by atoms with E-state index in [0.717, 1.165) is 19.6 Å². The Hall–Kier alpha value is -0.130. The number of nitrogens with one attached hydrogen (secondary N) is 1. The van der Waals surface area contributed by atoms with Gasteiger partial charge in [0, 0.05) is 38.5 Å². The Morgan fingerprint density at radius 3 is 2.71 bits per heavy atom. The molecule has 0 saturated carbocycles. The van der Waals surface area contributed by atoms with Crippen molar-refractivity contribution in [3.63, 3.8) is 0 Å². The molecule has 0 spiro atoms. The second-order valence-corrected chi connectivity index (χ2v) is 6.20. The molecule has 1 aliphatic rings. The van der Waals surface area contributed by atoms with Gasteiger partial charge in [-0.1, -0.05) is 0 Å². The van der Waals surface area contributed by atoms with Crippen LogP contribution in [0.3, 0.4) is 0 Å². The molecule has 0 aromatic carbocycles. The van der Waals surface area contributed by atoms with Crippen LogP contribution in [0.5, 0.6) is 0 Å². The third-order valence-electron chi connectivity index (χ3n) is 2.88. The molecule has 2 atom stereocenters. The number of sulfone groups is 1. The summed E-state index contributed by atoms with van der Waals surface area (Å²) in [5, 5.41) is 2.91. The van der Waals surface area contributed by atoms with Gasteiger partial charge in [0.05, 0.1) is 5.25 Å². The van der Waals surface area contributed by atoms with Crippen LogP contribution in [-0.2, 0) is 9.84 Å². The molecule has 1 saturated heterocycles. The van der Waals surface area contributed by atoms with Crippen LogP contribution in [0.1, 0.15) is 13.8 Å². The van der Waals surface area contributed by atoms with Gasteiger partial charge in [-0.2, -0.15) is 0 Å². The van der Waals surface area contributed by atoms with Crippen LogP contribution in [0.4, 0.5) is 0 Å². The molecule has 0 aromatic rings. The maximum atomic E-state index is 11.4. The van der Waals surface area contributed by atoms with Crippen molar-refractivity contribution >= 4 is 9.84 Å². The lowest BCUT2D eigenvalue weighted by Crippen LogP contribution is -2.55. The van der Waals surface area contributed by atoms with Crippen LogP contribution in [0.15, 0.2) is 0 Å². The molecule has 1 rings (SSSR count). The van der Waals surface area contributed by atoms with Crippen molar-refractivity contribution in [1.82, 2.24) is 10.2 Å². The SMILES string of the molecule is C[CH]N1CCNCC1C(C)S(C)(=O)=O. The van der Waals surface area contributed by atoms with Gasteiger partial charge in [-0.25, -0.2) is 8.42 Å². The van der Waals surface area contributed by atoms with Crippen LogP contribution >= 0.6 is 0 Å². The van der Waals surface area contributed by atoms with Gasteiger partial charge in [-0.3, -0.25) is 4.90 Å². The lowest BCUT2D eigenvalue weighted by atomic mass is 10.1. The summed E-state index contributed by atoms with van der Waals surface area (Å²) in [7, 11) is -2.95. The summed E-state index contributed by atoms with van der Waals surface area (Å²) in [5.74, 6) is 0. The van der Waals surface area contributed by atoms with Gasteiger partial charge in [0.25, 0.3) is 0 Å². The number of hydrogen-bond donors (Lipinski definition) is 1. The largest absolute Gasteiger partial charge is 0.314 e. The third kappa shape index (κ3) is 2.68. The maximum absolute atomic E-state index is 11.4. The molecule has 0 aromatic heterocycles. The summed E-state index contributed by atoms with van der Waals surface area (Å²) in [6, 6.07) is 0.0729. The first-order valence-electron chi connectivity index (χ1n) is 4.91.